The highest BCUT2D eigenvalue weighted by Gasteiger charge is 2.30. The van der Waals surface area contributed by atoms with E-state index in [1.54, 1.807) is 12.1 Å². The van der Waals surface area contributed by atoms with Gasteiger partial charge in [0.05, 0.1) is 18.2 Å². The van der Waals surface area contributed by atoms with Gasteiger partial charge >= 0.3 is 12.3 Å². The number of aliphatic hydroxyl groups is 1. The number of alkyl halides is 3. The SMILES string of the molecule is O=C(NC(CO)Cc1ccc(C(F)(F)F)cc1)OCc1ccccc1. The number of nitrogens with one attached hydrogen (secondary N) is 1. The number of ether oxygens (including phenoxy) is 1. The monoisotopic (exact) mass is 353 g/mol. The second-order valence-corrected chi connectivity index (χ2v) is 5.48. The molecular formula is C18H18F3NO3. The average Bonchev–Trinajstić information content (AvgIpc) is 2.60. The van der Waals surface area contributed by atoms with Gasteiger partial charge in [-0.15, -0.1) is 0 Å². The summed E-state index contributed by atoms with van der Waals surface area (Å²) in [5, 5.41) is 11.9. The largest absolute Gasteiger partial charge is 0.445 e. The second kappa shape index (κ2) is 8.53. The summed E-state index contributed by atoms with van der Waals surface area (Å²) in [6.45, 7) is -0.271. The van der Waals surface area contributed by atoms with Crippen molar-refractivity contribution in [3.05, 3.63) is 71.3 Å². The van der Waals surface area contributed by atoms with Crippen LogP contribution in [0.25, 0.3) is 0 Å². The average molecular weight is 353 g/mol. The molecule has 0 aromatic heterocycles. The van der Waals surface area contributed by atoms with Gasteiger partial charge in [-0.05, 0) is 29.7 Å². The lowest BCUT2D eigenvalue weighted by Crippen LogP contribution is -2.39. The molecule has 0 aliphatic heterocycles. The molecule has 25 heavy (non-hydrogen) atoms. The van der Waals surface area contributed by atoms with Crippen LogP contribution < -0.4 is 5.32 Å². The van der Waals surface area contributed by atoms with E-state index in [0.717, 1.165) is 17.7 Å². The summed E-state index contributed by atoms with van der Waals surface area (Å²) >= 11 is 0. The van der Waals surface area contributed by atoms with Crippen molar-refractivity contribution in [1.82, 2.24) is 5.32 Å². The Hall–Kier alpha value is -2.54. The molecule has 0 spiro atoms. The topological polar surface area (TPSA) is 58.6 Å². The van der Waals surface area contributed by atoms with Crippen LogP contribution in [0.1, 0.15) is 16.7 Å². The van der Waals surface area contributed by atoms with Crippen molar-refractivity contribution in [3.8, 4) is 0 Å². The minimum Gasteiger partial charge on any atom is -0.445 e. The molecule has 0 fully saturated rings. The predicted octanol–water partition coefficient (Wildman–Crippen LogP) is 3.54. The summed E-state index contributed by atoms with van der Waals surface area (Å²) in [5.74, 6) is 0. The van der Waals surface area contributed by atoms with Crippen LogP contribution >= 0.6 is 0 Å². The molecule has 7 heteroatoms. The number of hydrogen-bond acceptors (Lipinski definition) is 3. The first kappa shape index (κ1) is 18.8. The van der Waals surface area contributed by atoms with Crippen molar-refractivity contribution in [2.24, 2.45) is 0 Å². The number of carbonyl (C=O) groups excluding carboxylic acids is 1. The van der Waals surface area contributed by atoms with E-state index >= 15 is 0 Å². The molecule has 134 valence electrons. The Kier molecular flexibility index (Phi) is 6.41. The molecule has 0 radical (unpaired) electrons. The van der Waals surface area contributed by atoms with Crippen molar-refractivity contribution >= 4 is 6.09 Å². The minimum absolute atomic E-state index is 0.0884. The number of aliphatic hydroxyl groups excluding tert-OH is 1. The Balaban J connectivity index is 1.86. The van der Waals surface area contributed by atoms with Gasteiger partial charge in [0, 0.05) is 0 Å². The molecule has 0 saturated heterocycles. The molecule has 1 amide bonds. The van der Waals surface area contributed by atoms with Crippen molar-refractivity contribution in [1.29, 1.82) is 0 Å². The fourth-order valence-corrected chi connectivity index (χ4v) is 2.21. The Bertz CT molecular complexity index is 672. The van der Waals surface area contributed by atoms with E-state index in [0.29, 0.717) is 5.56 Å². The first-order chi connectivity index (χ1) is 11.9. The normalized spacial score (nSPS) is 12.5. The van der Waals surface area contributed by atoms with E-state index < -0.39 is 23.9 Å². The smallest absolute Gasteiger partial charge is 0.416 e. The number of hydrogen-bond donors (Lipinski definition) is 2. The Morgan fingerprint density at radius 1 is 1.04 bits per heavy atom. The van der Waals surface area contributed by atoms with Crippen LogP contribution in [-0.2, 0) is 23.9 Å². The maximum Gasteiger partial charge on any atom is 0.416 e. The van der Waals surface area contributed by atoms with Crippen molar-refractivity contribution in [2.75, 3.05) is 6.61 Å². The van der Waals surface area contributed by atoms with Gasteiger partial charge in [-0.3, -0.25) is 0 Å². The van der Waals surface area contributed by atoms with Gasteiger partial charge in [-0.2, -0.15) is 13.2 Å². The third-order valence-corrected chi connectivity index (χ3v) is 3.52. The lowest BCUT2D eigenvalue weighted by molar-refractivity contribution is -0.137. The molecule has 0 saturated carbocycles. The first-order valence-electron chi connectivity index (χ1n) is 7.62. The minimum atomic E-state index is -4.39. The molecule has 2 aromatic rings. The summed E-state index contributed by atoms with van der Waals surface area (Å²) in [6, 6.07) is 13.0. The van der Waals surface area contributed by atoms with Crippen molar-refractivity contribution in [2.45, 2.75) is 25.2 Å². The van der Waals surface area contributed by atoms with Crippen molar-refractivity contribution < 1.29 is 27.8 Å². The molecule has 2 N–H and O–H groups in total. The molecular weight excluding hydrogens is 335 g/mol. The number of benzene rings is 2. The standard InChI is InChI=1S/C18H18F3NO3/c19-18(20,21)15-8-6-13(7-9-15)10-16(11-23)22-17(24)25-12-14-4-2-1-3-5-14/h1-9,16,23H,10-12H2,(H,22,24). The molecule has 0 aliphatic carbocycles. The van der Waals surface area contributed by atoms with Crippen LogP contribution in [0.2, 0.25) is 0 Å². The lowest BCUT2D eigenvalue weighted by atomic mass is 10.0. The highest BCUT2D eigenvalue weighted by molar-refractivity contribution is 5.67. The predicted molar refractivity (Wildman–Crippen MR) is 85.8 cm³/mol. The van der Waals surface area contributed by atoms with Crippen LogP contribution in [0.4, 0.5) is 18.0 Å². The number of carbonyl (C=O) groups is 1. The van der Waals surface area contributed by atoms with Gasteiger partial charge < -0.3 is 15.2 Å². The van der Waals surface area contributed by atoms with E-state index in [2.05, 4.69) is 5.32 Å². The van der Waals surface area contributed by atoms with E-state index in [1.165, 1.54) is 12.1 Å². The lowest BCUT2D eigenvalue weighted by Gasteiger charge is -2.17. The Morgan fingerprint density at radius 3 is 2.24 bits per heavy atom. The maximum absolute atomic E-state index is 12.5. The van der Waals surface area contributed by atoms with Gasteiger partial charge in [-0.25, -0.2) is 4.79 Å². The fraction of sp³-hybridized carbons (Fsp3) is 0.278. The summed E-state index contributed by atoms with van der Waals surface area (Å²) in [5.41, 5.74) is 0.642. The number of amides is 1. The van der Waals surface area contributed by atoms with Crippen LogP contribution in [-0.4, -0.2) is 23.8 Å². The molecule has 1 atom stereocenters. The molecule has 0 aliphatic rings. The number of rotatable bonds is 6. The second-order valence-electron chi connectivity index (χ2n) is 5.48. The maximum atomic E-state index is 12.5. The van der Waals surface area contributed by atoms with E-state index in [-0.39, 0.29) is 19.6 Å². The molecule has 4 nitrogen and oxygen atoms in total. The molecule has 0 bridgehead atoms. The molecule has 2 aromatic carbocycles. The third-order valence-electron chi connectivity index (χ3n) is 3.52. The summed E-state index contributed by atoms with van der Waals surface area (Å²) < 4.78 is 42.6. The highest BCUT2D eigenvalue weighted by Crippen LogP contribution is 2.29. The number of alkyl carbamates (subject to hydrolysis) is 1. The van der Waals surface area contributed by atoms with Crippen molar-refractivity contribution in [3.63, 3.8) is 0 Å². The Morgan fingerprint density at radius 2 is 1.68 bits per heavy atom. The zero-order valence-corrected chi connectivity index (χ0v) is 13.3. The van der Waals surface area contributed by atoms with Gasteiger partial charge in [0.1, 0.15) is 6.61 Å². The summed E-state index contributed by atoms with van der Waals surface area (Å²) in [4.78, 5) is 11.8. The third kappa shape index (κ3) is 6.11. The number of halogens is 3. The molecule has 1 unspecified atom stereocenters. The summed E-state index contributed by atoms with van der Waals surface area (Å²) in [6.07, 6.45) is -4.90. The van der Waals surface area contributed by atoms with E-state index in [1.807, 2.05) is 18.2 Å². The Labute approximate surface area is 143 Å². The van der Waals surface area contributed by atoms with Gasteiger partial charge in [0.15, 0.2) is 0 Å². The highest BCUT2D eigenvalue weighted by atomic mass is 19.4. The first-order valence-corrected chi connectivity index (χ1v) is 7.62. The van der Waals surface area contributed by atoms with E-state index in [9.17, 15) is 23.1 Å². The van der Waals surface area contributed by atoms with Gasteiger partial charge in [0.2, 0.25) is 0 Å². The zero-order chi connectivity index (χ0) is 18.3. The zero-order valence-electron chi connectivity index (χ0n) is 13.3. The van der Waals surface area contributed by atoms with E-state index in [4.69, 9.17) is 4.74 Å². The summed E-state index contributed by atoms with van der Waals surface area (Å²) in [7, 11) is 0. The fourth-order valence-electron chi connectivity index (χ4n) is 2.21. The van der Waals surface area contributed by atoms with Crippen LogP contribution in [0.15, 0.2) is 54.6 Å². The molecule has 0 heterocycles. The van der Waals surface area contributed by atoms with Gasteiger partial charge in [0.25, 0.3) is 0 Å². The van der Waals surface area contributed by atoms with Crippen LogP contribution in [0.3, 0.4) is 0 Å². The van der Waals surface area contributed by atoms with Crippen LogP contribution in [0, 0.1) is 0 Å². The van der Waals surface area contributed by atoms with Crippen LogP contribution in [0.5, 0.6) is 0 Å². The van der Waals surface area contributed by atoms with Gasteiger partial charge in [-0.1, -0.05) is 42.5 Å². The molecule has 2 rings (SSSR count). The quantitative estimate of drug-likeness (QED) is 0.835.